The first kappa shape index (κ1) is 18.2. The lowest BCUT2D eigenvalue weighted by atomic mass is 9.80. The molecule has 2 aromatic rings. The van der Waals surface area contributed by atoms with E-state index in [0.717, 1.165) is 11.4 Å². The predicted octanol–water partition coefficient (Wildman–Crippen LogP) is 6.61. The summed E-state index contributed by atoms with van der Waals surface area (Å²) in [6, 6.07) is 16.0. The zero-order chi connectivity index (χ0) is 18.7. The fraction of sp³-hybridized carbons (Fsp3) is 0.174. The number of anilines is 1. The predicted molar refractivity (Wildman–Crippen MR) is 113 cm³/mol. The molecule has 0 aliphatic heterocycles. The minimum absolute atomic E-state index is 0.0707. The van der Waals surface area contributed by atoms with Crippen LogP contribution in [0.25, 0.3) is 5.57 Å². The minimum atomic E-state index is -0.0707. The highest BCUT2D eigenvalue weighted by Gasteiger charge is 2.35. The molecule has 132 valence electrons. The van der Waals surface area contributed by atoms with Crippen LogP contribution in [0.4, 0.5) is 5.69 Å². The molecule has 0 heterocycles. The summed E-state index contributed by atoms with van der Waals surface area (Å²) in [5.41, 5.74) is 6.69. The molecular weight excluding hydrogens is 340 g/mol. The maximum atomic E-state index is 7.60. The van der Waals surface area contributed by atoms with Gasteiger partial charge in [-0.25, -0.2) is 0 Å². The van der Waals surface area contributed by atoms with Crippen LogP contribution < -0.4 is 5.32 Å². The van der Waals surface area contributed by atoms with Crippen molar-refractivity contribution in [3.63, 3.8) is 0 Å². The van der Waals surface area contributed by atoms with Crippen molar-refractivity contribution in [2.45, 2.75) is 25.7 Å². The van der Waals surface area contributed by atoms with E-state index in [9.17, 15) is 0 Å². The highest BCUT2D eigenvalue weighted by atomic mass is 35.5. The number of hydrogen-bond acceptors (Lipinski definition) is 2. The number of allylic oxidation sites excluding steroid dienone is 4. The van der Waals surface area contributed by atoms with Crippen molar-refractivity contribution >= 4 is 29.1 Å². The molecule has 0 saturated heterocycles. The van der Waals surface area contributed by atoms with Gasteiger partial charge in [-0.2, -0.15) is 0 Å². The van der Waals surface area contributed by atoms with Gasteiger partial charge in [0.05, 0.1) is 0 Å². The molecule has 2 aromatic carbocycles. The Morgan fingerprint density at radius 2 is 1.85 bits per heavy atom. The van der Waals surface area contributed by atoms with Crippen molar-refractivity contribution in [3.05, 3.63) is 94.7 Å². The average Bonchev–Trinajstić information content (AvgIpc) is 2.83. The third kappa shape index (κ3) is 3.51. The van der Waals surface area contributed by atoms with E-state index in [-0.39, 0.29) is 5.41 Å². The van der Waals surface area contributed by atoms with Crippen LogP contribution in [-0.4, -0.2) is 6.21 Å². The minimum Gasteiger partial charge on any atom is -0.356 e. The van der Waals surface area contributed by atoms with Crippen LogP contribution in [0.5, 0.6) is 0 Å². The Bertz CT molecular complexity index is 902. The summed E-state index contributed by atoms with van der Waals surface area (Å²) in [6.07, 6.45) is 6.24. The molecule has 2 nitrogen and oxygen atoms in total. The summed E-state index contributed by atoms with van der Waals surface area (Å²) >= 11 is 5.93. The Morgan fingerprint density at radius 1 is 1.15 bits per heavy atom. The molecule has 3 heteroatoms. The molecule has 0 atom stereocenters. The van der Waals surface area contributed by atoms with Gasteiger partial charge in [0.25, 0.3) is 0 Å². The molecule has 0 bridgehead atoms. The van der Waals surface area contributed by atoms with Gasteiger partial charge in [-0.05, 0) is 58.8 Å². The van der Waals surface area contributed by atoms with E-state index in [1.807, 2.05) is 30.3 Å². The lowest BCUT2D eigenvalue weighted by Gasteiger charge is -2.23. The molecule has 3 rings (SSSR count). The second-order valence-electron chi connectivity index (χ2n) is 6.96. The highest BCUT2D eigenvalue weighted by Crippen LogP contribution is 2.47. The standard InChI is InChI=1S/C23H23ClN2/c1-16(26-18-11-9-17(24)10-12-18)8-13-20-19-6-4-5-7-21(19)23(2,3)22(20)14-15-25/h4-13,15,25-26H,1,14H2,2-3H3/b13-8-,25-15?. The van der Waals surface area contributed by atoms with Gasteiger partial charge in [0.1, 0.15) is 0 Å². The molecule has 1 aliphatic rings. The largest absolute Gasteiger partial charge is 0.356 e. The van der Waals surface area contributed by atoms with Crippen LogP contribution in [0.3, 0.4) is 0 Å². The number of fused-ring (bicyclic) bond motifs is 1. The first-order chi connectivity index (χ1) is 12.4. The Kier molecular flexibility index (Phi) is 5.15. The van der Waals surface area contributed by atoms with Crippen molar-refractivity contribution in [3.8, 4) is 0 Å². The van der Waals surface area contributed by atoms with Crippen molar-refractivity contribution in [2.75, 3.05) is 5.32 Å². The molecule has 0 radical (unpaired) electrons. The van der Waals surface area contributed by atoms with E-state index in [4.69, 9.17) is 17.0 Å². The summed E-state index contributed by atoms with van der Waals surface area (Å²) in [5.74, 6) is 0. The fourth-order valence-electron chi connectivity index (χ4n) is 3.53. The Hall–Kier alpha value is -2.58. The summed E-state index contributed by atoms with van der Waals surface area (Å²) in [6.45, 7) is 8.56. The van der Waals surface area contributed by atoms with Gasteiger partial charge >= 0.3 is 0 Å². The van der Waals surface area contributed by atoms with Crippen molar-refractivity contribution in [1.29, 1.82) is 5.41 Å². The highest BCUT2D eigenvalue weighted by molar-refractivity contribution is 6.30. The van der Waals surface area contributed by atoms with Crippen molar-refractivity contribution in [2.24, 2.45) is 0 Å². The topological polar surface area (TPSA) is 35.9 Å². The summed E-state index contributed by atoms with van der Waals surface area (Å²) in [7, 11) is 0. The number of nitrogens with one attached hydrogen (secondary N) is 2. The molecule has 26 heavy (non-hydrogen) atoms. The zero-order valence-corrected chi connectivity index (χ0v) is 15.9. The van der Waals surface area contributed by atoms with E-state index in [1.54, 1.807) is 0 Å². The molecule has 1 aliphatic carbocycles. The molecular formula is C23H23ClN2. The second kappa shape index (κ2) is 7.35. The first-order valence-electron chi connectivity index (χ1n) is 8.65. The van der Waals surface area contributed by atoms with Crippen LogP contribution >= 0.6 is 11.6 Å². The Labute approximate surface area is 160 Å². The van der Waals surface area contributed by atoms with Crippen LogP contribution in [-0.2, 0) is 5.41 Å². The van der Waals surface area contributed by atoms with Crippen LogP contribution in [0.15, 0.2) is 78.5 Å². The van der Waals surface area contributed by atoms with Gasteiger partial charge < -0.3 is 10.7 Å². The number of halogens is 1. The SMILES string of the molecule is C=C(/C=C\C1=C(CC=N)C(C)(C)c2ccccc21)Nc1ccc(Cl)cc1. The van der Waals surface area contributed by atoms with E-state index >= 15 is 0 Å². The maximum absolute atomic E-state index is 7.60. The van der Waals surface area contributed by atoms with E-state index in [1.165, 1.54) is 28.5 Å². The molecule has 0 spiro atoms. The van der Waals surface area contributed by atoms with Crippen LogP contribution in [0, 0.1) is 5.41 Å². The third-order valence-corrected chi connectivity index (χ3v) is 5.13. The molecule has 0 fully saturated rings. The average molecular weight is 363 g/mol. The molecule has 2 N–H and O–H groups in total. The summed E-state index contributed by atoms with van der Waals surface area (Å²) in [4.78, 5) is 0. The van der Waals surface area contributed by atoms with E-state index in [2.05, 4.69) is 56.1 Å². The van der Waals surface area contributed by atoms with Gasteiger partial charge in [0.2, 0.25) is 0 Å². The van der Waals surface area contributed by atoms with E-state index < -0.39 is 0 Å². The van der Waals surface area contributed by atoms with Crippen LogP contribution in [0.1, 0.15) is 31.4 Å². The maximum Gasteiger partial charge on any atom is 0.0407 e. The third-order valence-electron chi connectivity index (χ3n) is 4.88. The monoisotopic (exact) mass is 362 g/mol. The van der Waals surface area contributed by atoms with Crippen LogP contribution in [0.2, 0.25) is 5.02 Å². The van der Waals surface area contributed by atoms with E-state index in [0.29, 0.717) is 11.4 Å². The molecule has 0 amide bonds. The second-order valence-corrected chi connectivity index (χ2v) is 7.40. The number of benzene rings is 2. The van der Waals surface area contributed by atoms with Gasteiger partial charge in [-0.15, -0.1) is 0 Å². The van der Waals surface area contributed by atoms with Gasteiger partial charge in [0.15, 0.2) is 0 Å². The summed E-state index contributed by atoms with van der Waals surface area (Å²) < 4.78 is 0. The molecule has 0 saturated carbocycles. The van der Waals surface area contributed by atoms with Crippen molar-refractivity contribution in [1.82, 2.24) is 0 Å². The molecule has 0 aromatic heterocycles. The Morgan fingerprint density at radius 3 is 2.54 bits per heavy atom. The van der Waals surface area contributed by atoms with Gasteiger partial charge in [-0.3, -0.25) is 0 Å². The summed E-state index contributed by atoms with van der Waals surface area (Å²) in [5, 5.41) is 11.6. The smallest absolute Gasteiger partial charge is 0.0407 e. The molecule has 0 unspecified atom stereocenters. The fourth-order valence-corrected chi connectivity index (χ4v) is 3.65. The lowest BCUT2D eigenvalue weighted by Crippen LogP contribution is -2.17. The normalized spacial score (nSPS) is 15.2. The zero-order valence-electron chi connectivity index (χ0n) is 15.1. The number of rotatable bonds is 6. The number of hydrogen-bond donors (Lipinski definition) is 2. The van der Waals surface area contributed by atoms with Gasteiger partial charge in [0, 0.05) is 28.2 Å². The van der Waals surface area contributed by atoms with Gasteiger partial charge in [-0.1, -0.05) is 62.4 Å². The quantitative estimate of drug-likeness (QED) is 0.440. The Balaban J connectivity index is 1.89. The van der Waals surface area contributed by atoms with Crippen molar-refractivity contribution < 1.29 is 0 Å². The lowest BCUT2D eigenvalue weighted by molar-refractivity contribution is 0.631. The first-order valence-corrected chi connectivity index (χ1v) is 9.03.